The molecule has 3 rings (SSSR count). The molecule has 0 atom stereocenters. The van der Waals surface area contributed by atoms with Crippen molar-refractivity contribution in [1.29, 1.82) is 5.26 Å². The molecule has 0 aliphatic carbocycles. The summed E-state index contributed by atoms with van der Waals surface area (Å²) in [6.07, 6.45) is 5.40. The summed E-state index contributed by atoms with van der Waals surface area (Å²) >= 11 is 0. The highest BCUT2D eigenvalue weighted by Crippen LogP contribution is 2.28. The fourth-order valence-corrected chi connectivity index (χ4v) is 3.08. The van der Waals surface area contributed by atoms with Crippen molar-refractivity contribution in [2.75, 3.05) is 18.4 Å². The van der Waals surface area contributed by atoms with Crippen LogP contribution >= 0.6 is 0 Å². The second kappa shape index (κ2) is 7.73. The average Bonchev–Trinajstić information content (AvgIpc) is 2.64. The van der Waals surface area contributed by atoms with Gasteiger partial charge in [0, 0.05) is 44.1 Å². The average molecular weight is 337 g/mol. The van der Waals surface area contributed by atoms with Crippen LogP contribution in [0, 0.1) is 21.4 Å². The van der Waals surface area contributed by atoms with Crippen LogP contribution in [0.5, 0.6) is 0 Å². The minimum absolute atomic E-state index is 0.0122. The van der Waals surface area contributed by atoms with Crippen LogP contribution in [-0.4, -0.2) is 33.9 Å². The van der Waals surface area contributed by atoms with Crippen molar-refractivity contribution in [3.8, 4) is 6.07 Å². The van der Waals surface area contributed by atoms with Gasteiger partial charge in [0.15, 0.2) is 0 Å². The fourth-order valence-electron chi connectivity index (χ4n) is 3.08. The van der Waals surface area contributed by atoms with Crippen LogP contribution in [0.2, 0.25) is 0 Å². The summed E-state index contributed by atoms with van der Waals surface area (Å²) in [5, 5.41) is 23.5. The maximum atomic E-state index is 11.2. The molecular formula is C18H19N5O2. The molecule has 0 amide bonds. The minimum Gasteiger partial charge on any atom is -0.377 e. The zero-order valence-electron chi connectivity index (χ0n) is 13.8. The van der Waals surface area contributed by atoms with E-state index in [1.807, 2.05) is 18.2 Å². The van der Waals surface area contributed by atoms with E-state index in [2.05, 4.69) is 15.2 Å². The molecule has 128 valence electrons. The number of nitrogens with one attached hydrogen (secondary N) is 1. The Morgan fingerprint density at radius 3 is 2.64 bits per heavy atom. The Morgan fingerprint density at radius 2 is 2.00 bits per heavy atom. The second-order valence-corrected chi connectivity index (χ2v) is 6.15. The molecule has 7 nitrogen and oxygen atoms in total. The number of nitriles is 1. The normalized spacial score (nSPS) is 15.5. The number of piperidine rings is 1. The lowest BCUT2D eigenvalue weighted by atomic mass is 10.0. The predicted molar refractivity (Wildman–Crippen MR) is 94.0 cm³/mol. The lowest BCUT2D eigenvalue weighted by Crippen LogP contribution is -2.38. The van der Waals surface area contributed by atoms with Crippen molar-refractivity contribution in [3.63, 3.8) is 0 Å². The topological polar surface area (TPSA) is 95.1 Å². The first kappa shape index (κ1) is 16.9. The number of anilines is 1. The van der Waals surface area contributed by atoms with Gasteiger partial charge in [-0.2, -0.15) is 5.26 Å². The van der Waals surface area contributed by atoms with Gasteiger partial charge in [-0.3, -0.25) is 20.0 Å². The van der Waals surface area contributed by atoms with Crippen molar-refractivity contribution in [2.45, 2.75) is 25.4 Å². The molecule has 25 heavy (non-hydrogen) atoms. The molecule has 0 radical (unpaired) electrons. The van der Waals surface area contributed by atoms with Crippen LogP contribution in [-0.2, 0) is 6.54 Å². The lowest BCUT2D eigenvalue weighted by molar-refractivity contribution is -0.384. The maximum absolute atomic E-state index is 11.2. The van der Waals surface area contributed by atoms with Crippen molar-refractivity contribution in [1.82, 2.24) is 9.88 Å². The Balaban J connectivity index is 1.61. The molecule has 1 aliphatic rings. The Morgan fingerprint density at radius 1 is 1.28 bits per heavy atom. The summed E-state index contributed by atoms with van der Waals surface area (Å²) in [6, 6.07) is 10.6. The zero-order chi connectivity index (χ0) is 17.6. The van der Waals surface area contributed by atoms with Crippen LogP contribution < -0.4 is 5.32 Å². The number of hydrogen-bond donors (Lipinski definition) is 1. The number of likely N-dealkylation sites (tertiary alicyclic amines) is 1. The molecular weight excluding hydrogens is 318 g/mol. The minimum atomic E-state index is -0.415. The lowest BCUT2D eigenvalue weighted by Gasteiger charge is -2.32. The van der Waals surface area contributed by atoms with E-state index >= 15 is 0 Å². The molecule has 1 aliphatic heterocycles. The first-order chi connectivity index (χ1) is 12.2. The predicted octanol–water partition coefficient (Wildman–Crippen LogP) is 2.94. The number of pyridine rings is 1. The first-order valence-electron chi connectivity index (χ1n) is 8.22. The van der Waals surface area contributed by atoms with Gasteiger partial charge in [0.1, 0.15) is 5.69 Å². The van der Waals surface area contributed by atoms with E-state index in [0.717, 1.165) is 32.5 Å². The van der Waals surface area contributed by atoms with Crippen LogP contribution in [0.1, 0.15) is 24.0 Å². The highest BCUT2D eigenvalue weighted by molar-refractivity contribution is 5.64. The Labute approximate surface area is 146 Å². The smallest absolute Gasteiger partial charge is 0.292 e. The Hall–Kier alpha value is -2.98. The first-order valence-corrected chi connectivity index (χ1v) is 8.22. The molecule has 7 heteroatoms. The van der Waals surface area contributed by atoms with E-state index in [0.29, 0.717) is 11.3 Å². The van der Waals surface area contributed by atoms with E-state index in [1.54, 1.807) is 18.5 Å². The number of benzene rings is 1. The summed E-state index contributed by atoms with van der Waals surface area (Å²) in [4.78, 5) is 17.2. The quantitative estimate of drug-likeness (QED) is 0.666. The fraction of sp³-hybridized carbons (Fsp3) is 0.333. The molecule has 1 fully saturated rings. The van der Waals surface area contributed by atoms with Gasteiger partial charge in [0.25, 0.3) is 5.69 Å². The summed E-state index contributed by atoms with van der Waals surface area (Å²) in [5.74, 6) is 0. The Bertz CT molecular complexity index is 780. The van der Waals surface area contributed by atoms with E-state index in [-0.39, 0.29) is 11.7 Å². The number of hydrogen-bond acceptors (Lipinski definition) is 6. The van der Waals surface area contributed by atoms with Crippen LogP contribution in [0.15, 0.2) is 42.7 Å². The number of nitrogens with zero attached hydrogens (tertiary/aromatic N) is 4. The van der Waals surface area contributed by atoms with Crippen LogP contribution in [0.3, 0.4) is 0 Å². The van der Waals surface area contributed by atoms with Gasteiger partial charge in [-0.25, -0.2) is 0 Å². The van der Waals surface area contributed by atoms with Crippen molar-refractivity contribution in [2.24, 2.45) is 0 Å². The molecule has 1 saturated heterocycles. The number of nitro groups is 1. The SMILES string of the molecule is N#Cc1ccc([N+](=O)[O-])c(NC2CCN(Cc3ccncc3)CC2)c1. The Kier molecular flexibility index (Phi) is 5.21. The maximum Gasteiger partial charge on any atom is 0.292 e. The van der Waals surface area contributed by atoms with Gasteiger partial charge >= 0.3 is 0 Å². The van der Waals surface area contributed by atoms with E-state index in [4.69, 9.17) is 5.26 Å². The van der Waals surface area contributed by atoms with Crippen molar-refractivity contribution < 1.29 is 4.92 Å². The largest absolute Gasteiger partial charge is 0.377 e. The van der Waals surface area contributed by atoms with E-state index in [1.165, 1.54) is 17.7 Å². The third-order valence-electron chi connectivity index (χ3n) is 4.43. The summed E-state index contributed by atoms with van der Waals surface area (Å²) in [5.41, 5.74) is 2.09. The molecule has 0 spiro atoms. The molecule has 0 bridgehead atoms. The number of aromatic nitrogens is 1. The van der Waals surface area contributed by atoms with Gasteiger partial charge in [0.05, 0.1) is 16.6 Å². The molecule has 0 saturated carbocycles. The van der Waals surface area contributed by atoms with Gasteiger partial charge in [-0.1, -0.05) is 0 Å². The molecule has 1 aromatic heterocycles. The second-order valence-electron chi connectivity index (χ2n) is 6.15. The third kappa shape index (κ3) is 4.31. The van der Waals surface area contributed by atoms with Crippen molar-refractivity contribution >= 4 is 11.4 Å². The summed E-state index contributed by atoms with van der Waals surface area (Å²) in [7, 11) is 0. The molecule has 0 unspecified atom stereocenters. The number of rotatable bonds is 5. The van der Waals surface area contributed by atoms with E-state index < -0.39 is 4.92 Å². The van der Waals surface area contributed by atoms with Crippen molar-refractivity contribution in [3.05, 3.63) is 64.0 Å². The highest BCUT2D eigenvalue weighted by Gasteiger charge is 2.22. The van der Waals surface area contributed by atoms with Gasteiger partial charge in [-0.05, 0) is 42.7 Å². The molecule has 2 aromatic rings. The molecule has 1 aromatic carbocycles. The summed E-state index contributed by atoms with van der Waals surface area (Å²) < 4.78 is 0. The highest BCUT2D eigenvalue weighted by atomic mass is 16.6. The van der Waals surface area contributed by atoms with Gasteiger partial charge in [-0.15, -0.1) is 0 Å². The van der Waals surface area contributed by atoms with E-state index in [9.17, 15) is 10.1 Å². The summed E-state index contributed by atoms with van der Waals surface area (Å²) in [6.45, 7) is 2.73. The zero-order valence-corrected chi connectivity index (χ0v) is 13.8. The van der Waals surface area contributed by atoms with Crippen LogP contribution in [0.25, 0.3) is 0 Å². The third-order valence-corrected chi connectivity index (χ3v) is 4.43. The molecule has 2 heterocycles. The number of nitro benzene ring substituents is 1. The molecule has 1 N–H and O–H groups in total. The standard InChI is InChI=1S/C18H19N5O2/c19-12-15-1-2-18(23(24)25)17(11-15)21-16-5-9-22(10-6-16)13-14-3-7-20-8-4-14/h1-4,7-8,11,16,21H,5-6,9-10,13H2. The van der Waals surface area contributed by atoms with Gasteiger partial charge in [0.2, 0.25) is 0 Å². The monoisotopic (exact) mass is 337 g/mol. The van der Waals surface area contributed by atoms with Crippen LogP contribution in [0.4, 0.5) is 11.4 Å². The van der Waals surface area contributed by atoms with Gasteiger partial charge < -0.3 is 5.32 Å².